The topological polar surface area (TPSA) is 281 Å². The van der Waals surface area contributed by atoms with Crippen molar-refractivity contribution in [1.29, 1.82) is 0 Å². The van der Waals surface area contributed by atoms with E-state index in [1.165, 1.54) is 105 Å². The van der Waals surface area contributed by atoms with Crippen molar-refractivity contribution < 1.29 is 39.3 Å². The van der Waals surface area contributed by atoms with E-state index in [1.54, 1.807) is 60.7 Å². The number of nitrogens with zero attached hydrogens (tertiary/aromatic N) is 4. The maximum atomic E-state index is 14.1. The first-order chi connectivity index (χ1) is 53.0. The van der Waals surface area contributed by atoms with Crippen molar-refractivity contribution in [1.82, 2.24) is 0 Å². The number of non-ortho nitro benzene ring substituents is 1. The molecule has 0 amide bonds. The van der Waals surface area contributed by atoms with Crippen LogP contribution in [0, 0.1) is 20.6 Å². The summed E-state index contributed by atoms with van der Waals surface area (Å²) in [4.78, 5) is 85.2. The maximum Gasteiger partial charge on any atom is 0.281 e. The summed E-state index contributed by atoms with van der Waals surface area (Å²) in [6.45, 7) is 5.83. The fourth-order valence-corrected chi connectivity index (χ4v) is 14.0. The van der Waals surface area contributed by atoms with Gasteiger partial charge in [0.2, 0.25) is 16.6 Å². The number of ether oxygens (including phenoxy) is 2. The quantitative estimate of drug-likeness (QED) is 0.00629. The number of benzene rings is 11. The van der Waals surface area contributed by atoms with Gasteiger partial charge in [0.05, 0.1) is 95.7 Å². The highest BCUT2D eigenvalue weighted by molar-refractivity contribution is 7.99. The minimum atomic E-state index is -1.01. The number of thiol groups is 1. The number of phenols is 3. The van der Waals surface area contributed by atoms with Crippen molar-refractivity contribution in [2.45, 2.75) is 106 Å². The molecule has 3 aliphatic rings. The molecular weight excluding hydrogens is 1410 g/mol. The molecule has 21 heteroatoms. The number of hydrogen-bond donors (Lipinski definition) is 7. The Balaban J connectivity index is 0.000000179. The molecule has 14 rings (SSSR count). The molecule has 550 valence electrons. The standard InChI is InChI=1S/C44H39N3O5S.C34H32N4O7.C10H8S/c1-2-3-4-5-6-9-26-52-33-19-17-32(18-20-33)47-46-31-15-13-30(14-16-31)45-35-22-23-36(48)40-39(35)43(50)41-37(49)24-25-38(42(41)44(40)51)53-34-21-12-28-10-7-8-11-29(28)27-34;1-2-3-4-5-6-7-20-45-24-14-12-23(13-15-24)37-36-22-10-8-21(9-11-22)35-25-16-18-27(39)31-29(25)33(41)32-28(40)19-17-26(38(43)44)30(32)34(31)42;11-10-6-5-8-3-1-2-4-9(8)7-10/h7-8,10-25,27,45,48-49H,2-6,9,26H2,1H3;8-19,36-37,40H,2-7,20H2,1H3;1-7,11H. The van der Waals surface area contributed by atoms with Gasteiger partial charge in [0, 0.05) is 26.4 Å². The van der Waals surface area contributed by atoms with Gasteiger partial charge in [-0.3, -0.25) is 34.1 Å². The van der Waals surface area contributed by atoms with E-state index in [4.69, 9.17) is 9.47 Å². The fourth-order valence-electron chi connectivity index (χ4n) is 12.8. The lowest BCUT2D eigenvalue weighted by Crippen LogP contribution is -2.28. The van der Waals surface area contributed by atoms with Gasteiger partial charge in [-0.2, -0.15) is 10.2 Å². The number of anilines is 4. The summed E-state index contributed by atoms with van der Waals surface area (Å²) in [7, 11) is 0. The van der Waals surface area contributed by atoms with Gasteiger partial charge in [0.25, 0.3) is 5.69 Å². The van der Waals surface area contributed by atoms with E-state index in [0.29, 0.717) is 52.2 Å². The Labute approximate surface area is 637 Å². The molecule has 0 saturated carbocycles. The molecule has 0 saturated heterocycles. The highest BCUT2D eigenvalue weighted by atomic mass is 32.2. The molecule has 19 nitrogen and oxygen atoms in total. The highest BCUT2D eigenvalue weighted by Crippen LogP contribution is 2.46. The molecular formula is C88H79N7O12S2. The van der Waals surface area contributed by atoms with Crippen LogP contribution in [0.15, 0.2) is 275 Å². The molecule has 0 fully saturated rings. The fraction of sp³-hybridized carbons (Fsp3) is 0.182. The van der Waals surface area contributed by atoms with E-state index in [2.05, 4.69) is 82.1 Å². The van der Waals surface area contributed by atoms with Crippen LogP contribution in [-0.2, 0) is 0 Å². The molecule has 11 aromatic carbocycles. The molecule has 0 spiro atoms. The molecule has 0 aliphatic heterocycles. The van der Waals surface area contributed by atoms with Gasteiger partial charge in [-0.05, 0) is 198 Å². The molecule has 0 radical (unpaired) electrons. The second kappa shape index (κ2) is 36.2. The van der Waals surface area contributed by atoms with Crippen LogP contribution < -0.4 is 47.3 Å². The zero-order valence-corrected chi connectivity index (χ0v) is 61.7. The molecule has 6 N–H and O–H groups in total. The van der Waals surface area contributed by atoms with Crippen molar-refractivity contribution >= 4 is 114 Å². The number of carbonyl (C=O) groups is 2. The summed E-state index contributed by atoms with van der Waals surface area (Å²) in [6.07, 6.45) is 14.6. The number of ketones is 2. The van der Waals surface area contributed by atoms with Crippen LogP contribution in [0.2, 0.25) is 0 Å². The molecule has 11 aromatic rings. The Morgan fingerprint density at radius 3 is 1.54 bits per heavy atom. The highest BCUT2D eigenvalue weighted by Gasteiger charge is 2.38. The first kappa shape index (κ1) is 76.2. The van der Waals surface area contributed by atoms with Crippen LogP contribution in [0.25, 0.3) is 32.3 Å². The molecule has 0 heterocycles. The van der Waals surface area contributed by atoms with Crippen LogP contribution in [0.1, 0.15) is 123 Å². The zero-order chi connectivity index (χ0) is 76.3. The minimum absolute atomic E-state index is 0.00572. The first-order valence-electron chi connectivity index (χ1n) is 36.2. The third-order valence-corrected chi connectivity index (χ3v) is 19.8. The molecule has 0 bridgehead atoms. The van der Waals surface area contributed by atoms with Gasteiger partial charge in [0.1, 0.15) is 34.1 Å². The van der Waals surface area contributed by atoms with Crippen molar-refractivity contribution in [2.24, 2.45) is 15.2 Å². The average Bonchev–Trinajstić information content (AvgIpc) is 0.734. The summed E-state index contributed by atoms with van der Waals surface area (Å²) < 4.78 is 11.7. The lowest BCUT2D eigenvalue weighted by Gasteiger charge is -2.24. The normalized spacial score (nSPS) is 11.8. The van der Waals surface area contributed by atoms with Gasteiger partial charge in [0.15, 0.2) is 11.2 Å². The van der Waals surface area contributed by atoms with Crippen molar-refractivity contribution in [3.63, 3.8) is 0 Å². The second-order valence-electron chi connectivity index (χ2n) is 26.1. The van der Waals surface area contributed by atoms with Crippen LogP contribution in [0.5, 0.6) is 28.7 Å². The average molecular weight is 1490 g/mol. The molecule has 0 unspecified atom stereocenters. The number of fused-ring (bicyclic) bond motifs is 5. The number of nitro benzene ring substituents is 1. The number of hydrazine groups is 1. The van der Waals surface area contributed by atoms with E-state index in [9.17, 15) is 49.4 Å². The maximum absolute atomic E-state index is 14.1. The number of unbranched alkanes of at least 4 members (excludes halogenated alkanes) is 10. The number of nitrogens with one attached hydrogen (secondary N) is 3. The summed E-state index contributed by atoms with van der Waals surface area (Å²) >= 11 is 5.59. The molecule has 0 atom stereocenters. The van der Waals surface area contributed by atoms with Gasteiger partial charge in [-0.15, -0.1) is 12.6 Å². The smallest absolute Gasteiger partial charge is 0.281 e. The Morgan fingerprint density at radius 1 is 0.450 bits per heavy atom. The van der Waals surface area contributed by atoms with Crippen molar-refractivity contribution in [3.05, 3.63) is 309 Å². The largest absolute Gasteiger partial charge is 0.507 e. The van der Waals surface area contributed by atoms with E-state index < -0.39 is 60.2 Å². The van der Waals surface area contributed by atoms with E-state index in [1.807, 2.05) is 109 Å². The minimum Gasteiger partial charge on any atom is -0.507 e. The third-order valence-electron chi connectivity index (χ3n) is 18.4. The number of carbonyl (C=O) groups excluding carboxylic acids is 2. The van der Waals surface area contributed by atoms with E-state index in [-0.39, 0.29) is 44.3 Å². The van der Waals surface area contributed by atoms with Gasteiger partial charge in [-0.25, -0.2) is 4.99 Å². The first-order valence-corrected chi connectivity index (χ1v) is 37.5. The van der Waals surface area contributed by atoms with Crippen molar-refractivity contribution in [3.8, 4) is 28.7 Å². The van der Waals surface area contributed by atoms with Crippen LogP contribution in [0.4, 0.5) is 45.5 Å². The summed E-state index contributed by atoms with van der Waals surface area (Å²) in [5, 5.41) is 58.3. The monoisotopic (exact) mass is 1490 g/mol. The van der Waals surface area contributed by atoms with Gasteiger partial charge >= 0.3 is 0 Å². The van der Waals surface area contributed by atoms with E-state index in [0.717, 1.165) is 68.8 Å². The Bertz CT molecular complexity index is 5820. The number of hydrogen-bond acceptors (Lipinski definition) is 20. The Hall–Kier alpha value is -12.5. The molecule has 3 aliphatic carbocycles. The summed E-state index contributed by atoms with van der Waals surface area (Å²) in [6, 6.07) is 67.7. The molecule has 0 aromatic heterocycles. The number of rotatable bonds is 27. The Kier molecular flexibility index (Phi) is 25.3. The van der Waals surface area contributed by atoms with Crippen LogP contribution in [0.3, 0.4) is 0 Å². The summed E-state index contributed by atoms with van der Waals surface area (Å²) in [5.74, 6) is -0.689. The van der Waals surface area contributed by atoms with Crippen LogP contribution in [-0.4, -0.2) is 45.0 Å². The van der Waals surface area contributed by atoms with Gasteiger partial charge in [-0.1, -0.05) is 150 Å². The van der Waals surface area contributed by atoms with Gasteiger partial charge < -0.3 is 41.0 Å². The molecule has 109 heavy (non-hydrogen) atoms. The number of nitro groups is 1. The lowest BCUT2D eigenvalue weighted by molar-refractivity contribution is -0.383. The predicted octanol–water partition coefficient (Wildman–Crippen LogP) is 20.7. The van der Waals surface area contributed by atoms with Crippen LogP contribution >= 0.6 is 24.4 Å². The summed E-state index contributed by atoms with van der Waals surface area (Å²) in [5.41, 5.74) is 6.96. The number of azo groups is 1. The SMILES string of the molecule is CCCCCCCCOc1ccc(N=Nc2ccc(Nc3ccc(O)c4c3C(=O)c3c(O)ccc(Sc5ccc6ccccc6c5)c3C4=O)cc2)cc1.CCCCCCCCOc1ccc(NNc2ccc(N=c3ccc(=O)c4c(=O)c5c([N+](=O)[O-])ccc(O)c5c(=O)c3=4)cc2)cc1.Sc1ccc2ccccc2c1. The van der Waals surface area contributed by atoms with E-state index >= 15 is 0 Å². The zero-order valence-electron chi connectivity index (χ0n) is 60.0. The number of aromatic hydroxyl groups is 3. The third kappa shape index (κ3) is 18.7. The van der Waals surface area contributed by atoms with Crippen molar-refractivity contribution in [2.75, 3.05) is 29.4 Å². The Morgan fingerprint density at radius 2 is 0.936 bits per heavy atom. The predicted molar refractivity (Wildman–Crippen MR) is 435 cm³/mol. The number of phenolic OH excluding ortho intramolecular Hbond substituents is 3. The lowest BCUT2D eigenvalue weighted by atomic mass is 9.82. The second-order valence-corrected chi connectivity index (χ2v) is 27.8.